The highest BCUT2D eigenvalue weighted by Gasteiger charge is 2.15. The molecule has 1 atom stereocenters. The fourth-order valence-corrected chi connectivity index (χ4v) is 2.40. The third kappa shape index (κ3) is 5.47. The van der Waals surface area contributed by atoms with E-state index >= 15 is 0 Å². The van der Waals surface area contributed by atoms with Crippen LogP contribution in [0.4, 0.5) is 0 Å². The lowest BCUT2D eigenvalue weighted by atomic mass is 10.2. The molecule has 0 saturated carbocycles. The minimum atomic E-state index is -0.160. The van der Waals surface area contributed by atoms with Gasteiger partial charge >= 0.3 is 0 Å². The first-order chi connectivity index (χ1) is 10.2. The van der Waals surface area contributed by atoms with Crippen molar-refractivity contribution in [3.05, 3.63) is 33.8 Å². The number of hydrogen-bond donors (Lipinski definition) is 1. The lowest BCUT2D eigenvalue weighted by Crippen LogP contribution is -2.25. The number of benzene rings is 1. The Morgan fingerprint density at radius 3 is 2.95 bits per heavy atom. The number of ether oxygens (including phenoxy) is 2. The van der Waals surface area contributed by atoms with Gasteiger partial charge in [-0.05, 0) is 37.5 Å². The molecule has 0 aromatic heterocycles. The molecule has 1 aromatic rings. The molecule has 1 amide bonds. The number of halogens is 2. The number of carbonyl (C=O) groups excluding carboxylic acids is 1. The molecule has 1 aliphatic rings. The predicted octanol–water partition coefficient (Wildman–Crippen LogP) is 3.31. The number of hydrogen-bond acceptors (Lipinski definition) is 3. The predicted molar refractivity (Wildman–Crippen MR) is 83.2 cm³/mol. The lowest BCUT2D eigenvalue weighted by molar-refractivity contribution is 0.0166. The average molecular weight is 332 g/mol. The highest BCUT2D eigenvalue weighted by molar-refractivity contribution is 6.42. The van der Waals surface area contributed by atoms with Gasteiger partial charge in [0.25, 0.3) is 5.91 Å². The zero-order valence-corrected chi connectivity index (χ0v) is 13.3. The molecule has 116 valence electrons. The van der Waals surface area contributed by atoms with E-state index in [1.807, 2.05) is 0 Å². The molecule has 1 aliphatic heterocycles. The first kappa shape index (κ1) is 16.6. The highest BCUT2D eigenvalue weighted by atomic mass is 35.5. The van der Waals surface area contributed by atoms with Crippen LogP contribution in [0.15, 0.2) is 18.2 Å². The number of amides is 1. The van der Waals surface area contributed by atoms with E-state index in [-0.39, 0.29) is 12.0 Å². The standard InChI is InChI=1S/C15H19Cl2NO3/c16-13-5-4-11(9-14(13)17)15(19)18-6-2-7-20-10-12-3-1-8-21-12/h4-5,9,12H,1-3,6-8,10H2,(H,18,19). The monoisotopic (exact) mass is 331 g/mol. The average Bonchev–Trinajstić information content (AvgIpc) is 2.98. The van der Waals surface area contributed by atoms with Crippen LogP contribution in [0.2, 0.25) is 10.0 Å². The van der Waals surface area contributed by atoms with Crippen LogP contribution in [0.3, 0.4) is 0 Å². The van der Waals surface area contributed by atoms with Crippen molar-refractivity contribution in [1.29, 1.82) is 0 Å². The van der Waals surface area contributed by atoms with Crippen LogP contribution >= 0.6 is 23.2 Å². The van der Waals surface area contributed by atoms with E-state index in [4.69, 9.17) is 32.7 Å². The Hall–Kier alpha value is -0.810. The van der Waals surface area contributed by atoms with E-state index in [0.29, 0.717) is 35.4 Å². The van der Waals surface area contributed by atoms with Gasteiger partial charge in [-0.3, -0.25) is 4.79 Å². The summed E-state index contributed by atoms with van der Waals surface area (Å²) in [4.78, 5) is 11.9. The molecule has 0 bridgehead atoms. The third-order valence-electron chi connectivity index (χ3n) is 3.26. The summed E-state index contributed by atoms with van der Waals surface area (Å²) in [5, 5.41) is 3.64. The minimum absolute atomic E-state index is 0.160. The minimum Gasteiger partial charge on any atom is -0.379 e. The normalized spacial score (nSPS) is 17.9. The fourth-order valence-electron chi connectivity index (χ4n) is 2.11. The van der Waals surface area contributed by atoms with Crippen molar-refractivity contribution in [2.45, 2.75) is 25.4 Å². The van der Waals surface area contributed by atoms with E-state index in [0.717, 1.165) is 25.9 Å². The maximum Gasteiger partial charge on any atom is 0.251 e. The Labute approximate surface area is 134 Å². The molecular weight excluding hydrogens is 313 g/mol. The number of nitrogens with one attached hydrogen (secondary N) is 1. The van der Waals surface area contributed by atoms with Gasteiger partial charge < -0.3 is 14.8 Å². The highest BCUT2D eigenvalue weighted by Crippen LogP contribution is 2.22. The molecule has 1 saturated heterocycles. The van der Waals surface area contributed by atoms with E-state index in [1.54, 1.807) is 18.2 Å². The van der Waals surface area contributed by atoms with E-state index in [9.17, 15) is 4.79 Å². The molecule has 1 aromatic carbocycles. The maximum atomic E-state index is 11.9. The van der Waals surface area contributed by atoms with Crippen molar-refractivity contribution in [3.8, 4) is 0 Å². The van der Waals surface area contributed by atoms with Crippen molar-refractivity contribution in [1.82, 2.24) is 5.32 Å². The number of carbonyl (C=O) groups is 1. The summed E-state index contributed by atoms with van der Waals surface area (Å²) in [5.74, 6) is -0.160. The van der Waals surface area contributed by atoms with Crippen LogP contribution in [0.25, 0.3) is 0 Å². The summed E-state index contributed by atoms with van der Waals surface area (Å²) in [5.41, 5.74) is 0.504. The van der Waals surface area contributed by atoms with Gasteiger partial charge in [-0.15, -0.1) is 0 Å². The molecule has 1 heterocycles. The second kappa shape index (κ2) is 8.59. The molecule has 6 heteroatoms. The molecule has 1 fully saturated rings. The Morgan fingerprint density at radius 2 is 2.24 bits per heavy atom. The van der Waals surface area contributed by atoms with Crippen LogP contribution in [-0.4, -0.2) is 38.4 Å². The van der Waals surface area contributed by atoms with Gasteiger partial charge in [0.05, 0.1) is 22.8 Å². The lowest BCUT2D eigenvalue weighted by Gasteiger charge is -2.10. The zero-order chi connectivity index (χ0) is 15.1. The molecule has 0 aliphatic carbocycles. The topological polar surface area (TPSA) is 47.6 Å². The Morgan fingerprint density at radius 1 is 1.38 bits per heavy atom. The fraction of sp³-hybridized carbons (Fsp3) is 0.533. The Balaban J connectivity index is 1.59. The Kier molecular flexibility index (Phi) is 6.77. The van der Waals surface area contributed by atoms with Crippen molar-refractivity contribution in [2.75, 3.05) is 26.4 Å². The molecule has 0 radical (unpaired) electrons. The van der Waals surface area contributed by atoms with Crippen molar-refractivity contribution >= 4 is 29.1 Å². The number of rotatable bonds is 7. The summed E-state index contributed by atoms with van der Waals surface area (Å²) in [6.07, 6.45) is 3.21. The summed E-state index contributed by atoms with van der Waals surface area (Å²) < 4.78 is 11.0. The van der Waals surface area contributed by atoms with Crippen LogP contribution in [0.5, 0.6) is 0 Å². The molecule has 1 unspecified atom stereocenters. The molecule has 21 heavy (non-hydrogen) atoms. The van der Waals surface area contributed by atoms with Crippen molar-refractivity contribution in [3.63, 3.8) is 0 Å². The zero-order valence-electron chi connectivity index (χ0n) is 11.7. The van der Waals surface area contributed by atoms with Crippen molar-refractivity contribution in [2.24, 2.45) is 0 Å². The first-order valence-electron chi connectivity index (χ1n) is 7.09. The summed E-state index contributed by atoms with van der Waals surface area (Å²) in [6.45, 7) is 2.65. The molecular formula is C15H19Cl2NO3. The smallest absolute Gasteiger partial charge is 0.251 e. The van der Waals surface area contributed by atoms with E-state index < -0.39 is 0 Å². The second-order valence-corrected chi connectivity index (χ2v) is 5.76. The molecule has 4 nitrogen and oxygen atoms in total. The molecule has 0 spiro atoms. The van der Waals surface area contributed by atoms with Gasteiger partial charge in [-0.2, -0.15) is 0 Å². The van der Waals surface area contributed by atoms with Crippen LogP contribution in [-0.2, 0) is 9.47 Å². The van der Waals surface area contributed by atoms with Gasteiger partial charge in [0.15, 0.2) is 0 Å². The molecule has 2 rings (SSSR count). The summed E-state index contributed by atoms with van der Waals surface area (Å²) in [7, 11) is 0. The van der Waals surface area contributed by atoms with Gasteiger partial charge in [-0.1, -0.05) is 23.2 Å². The second-order valence-electron chi connectivity index (χ2n) is 4.95. The summed E-state index contributed by atoms with van der Waals surface area (Å²) in [6, 6.07) is 4.83. The quantitative estimate of drug-likeness (QED) is 0.780. The Bertz CT molecular complexity index is 476. The van der Waals surface area contributed by atoms with E-state index in [1.165, 1.54) is 0 Å². The first-order valence-corrected chi connectivity index (χ1v) is 7.85. The van der Waals surface area contributed by atoms with Gasteiger partial charge in [0.2, 0.25) is 0 Å². The van der Waals surface area contributed by atoms with Gasteiger partial charge in [0.1, 0.15) is 0 Å². The summed E-state index contributed by atoms with van der Waals surface area (Å²) >= 11 is 11.7. The van der Waals surface area contributed by atoms with Gasteiger partial charge in [0, 0.05) is 25.3 Å². The van der Waals surface area contributed by atoms with E-state index in [2.05, 4.69) is 5.32 Å². The largest absolute Gasteiger partial charge is 0.379 e. The van der Waals surface area contributed by atoms with Crippen LogP contribution in [0.1, 0.15) is 29.6 Å². The van der Waals surface area contributed by atoms with Crippen LogP contribution < -0.4 is 5.32 Å². The SMILES string of the molecule is O=C(NCCCOCC1CCCO1)c1ccc(Cl)c(Cl)c1. The van der Waals surface area contributed by atoms with Crippen molar-refractivity contribution < 1.29 is 14.3 Å². The molecule has 1 N–H and O–H groups in total. The maximum absolute atomic E-state index is 11.9. The van der Waals surface area contributed by atoms with Gasteiger partial charge in [-0.25, -0.2) is 0 Å². The third-order valence-corrected chi connectivity index (χ3v) is 4.00. The van der Waals surface area contributed by atoms with Crippen LogP contribution in [0, 0.1) is 0 Å².